The first-order valence-electron chi connectivity index (χ1n) is 7.37. The molecule has 0 atom stereocenters. The minimum atomic E-state index is -3.37. The zero-order valence-electron chi connectivity index (χ0n) is 13.1. The molecule has 0 amide bonds. The van der Waals surface area contributed by atoms with E-state index in [1.165, 1.54) is 0 Å². The number of rotatable bonds is 10. The third-order valence-electron chi connectivity index (χ3n) is 2.74. The predicted octanol–water partition coefficient (Wildman–Crippen LogP) is 2.46. The third-order valence-corrected chi connectivity index (χ3v) is 4.31. The van der Waals surface area contributed by atoms with Crippen LogP contribution in [-0.4, -0.2) is 34.7 Å². The summed E-state index contributed by atoms with van der Waals surface area (Å²) in [4.78, 5) is 0.287. The lowest BCUT2D eigenvalue weighted by atomic mass is 10.2. The van der Waals surface area contributed by atoms with Gasteiger partial charge in [0.1, 0.15) is 0 Å². The van der Waals surface area contributed by atoms with Gasteiger partial charge in [-0.2, -0.15) is 0 Å². The van der Waals surface area contributed by atoms with Crippen LogP contribution in [0.1, 0.15) is 27.2 Å². The minimum absolute atomic E-state index is 0.287. The molecule has 0 heterocycles. The number of nitrogens with one attached hydrogen (secondary N) is 2. The zero-order valence-corrected chi connectivity index (χ0v) is 13.9. The van der Waals surface area contributed by atoms with Gasteiger partial charge in [-0.1, -0.05) is 20.8 Å². The Morgan fingerprint density at radius 3 is 2.43 bits per heavy atom. The number of benzene rings is 1. The van der Waals surface area contributed by atoms with Gasteiger partial charge in [-0.3, -0.25) is 0 Å². The van der Waals surface area contributed by atoms with Gasteiger partial charge in [0.05, 0.1) is 4.90 Å². The Labute approximate surface area is 128 Å². The quantitative estimate of drug-likeness (QED) is 0.651. The van der Waals surface area contributed by atoms with Crippen molar-refractivity contribution in [2.75, 3.05) is 31.6 Å². The minimum Gasteiger partial charge on any atom is -0.385 e. The molecule has 0 fully saturated rings. The lowest BCUT2D eigenvalue weighted by Gasteiger charge is -2.09. The van der Waals surface area contributed by atoms with Gasteiger partial charge in [0.15, 0.2) is 0 Å². The fourth-order valence-electron chi connectivity index (χ4n) is 1.75. The summed E-state index contributed by atoms with van der Waals surface area (Å²) in [7, 11) is -3.37. The van der Waals surface area contributed by atoms with Gasteiger partial charge in [0.25, 0.3) is 0 Å². The van der Waals surface area contributed by atoms with Crippen molar-refractivity contribution in [1.82, 2.24) is 4.72 Å². The molecule has 21 heavy (non-hydrogen) atoms. The van der Waals surface area contributed by atoms with Crippen molar-refractivity contribution in [2.45, 2.75) is 32.1 Å². The fraction of sp³-hybridized carbons (Fsp3) is 0.600. The molecule has 0 unspecified atom stereocenters. The van der Waals surface area contributed by atoms with E-state index >= 15 is 0 Å². The van der Waals surface area contributed by atoms with Crippen LogP contribution >= 0.6 is 0 Å². The molecular formula is C15H26N2O3S. The average molecular weight is 314 g/mol. The van der Waals surface area contributed by atoms with Crippen molar-refractivity contribution in [3.63, 3.8) is 0 Å². The van der Waals surface area contributed by atoms with Gasteiger partial charge in [0, 0.05) is 32.0 Å². The monoisotopic (exact) mass is 314 g/mol. The van der Waals surface area contributed by atoms with Crippen LogP contribution in [-0.2, 0) is 14.8 Å². The molecule has 1 rings (SSSR count). The summed E-state index contributed by atoms with van der Waals surface area (Å²) in [6.45, 7) is 8.72. The molecule has 1 aromatic rings. The number of sulfonamides is 1. The molecule has 0 aliphatic rings. The standard InChI is InChI=1S/C15H26N2O3S/c1-4-17-21(18,19)15-8-6-14(7-9-15)16-10-5-11-20-12-13(2)3/h6-9,13,16-17H,4-5,10-12H2,1-3H3. The van der Waals surface area contributed by atoms with Gasteiger partial charge in [-0.15, -0.1) is 0 Å². The Hall–Kier alpha value is -1.11. The first-order valence-corrected chi connectivity index (χ1v) is 8.85. The Bertz CT molecular complexity index is 498. The van der Waals surface area contributed by atoms with E-state index in [-0.39, 0.29) is 4.90 Å². The molecule has 0 saturated carbocycles. The molecule has 120 valence electrons. The molecule has 1 aromatic carbocycles. The van der Waals surface area contributed by atoms with Crippen molar-refractivity contribution >= 4 is 15.7 Å². The predicted molar refractivity (Wildman–Crippen MR) is 86.1 cm³/mol. The Morgan fingerprint density at radius 1 is 1.19 bits per heavy atom. The highest BCUT2D eigenvalue weighted by molar-refractivity contribution is 7.89. The SMILES string of the molecule is CCNS(=O)(=O)c1ccc(NCCCOCC(C)C)cc1. The summed E-state index contributed by atoms with van der Waals surface area (Å²) in [5.74, 6) is 0.559. The Morgan fingerprint density at radius 2 is 1.86 bits per heavy atom. The summed E-state index contributed by atoms with van der Waals surface area (Å²) in [5.41, 5.74) is 0.911. The van der Waals surface area contributed by atoms with Gasteiger partial charge in [0.2, 0.25) is 10.0 Å². The highest BCUT2D eigenvalue weighted by atomic mass is 32.2. The van der Waals surface area contributed by atoms with Crippen molar-refractivity contribution in [3.05, 3.63) is 24.3 Å². The van der Waals surface area contributed by atoms with Crippen LogP contribution in [0.15, 0.2) is 29.2 Å². The summed E-state index contributed by atoms with van der Waals surface area (Å²) < 4.78 is 31.5. The van der Waals surface area contributed by atoms with E-state index in [1.54, 1.807) is 31.2 Å². The highest BCUT2D eigenvalue weighted by Gasteiger charge is 2.11. The van der Waals surface area contributed by atoms with Crippen molar-refractivity contribution in [2.24, 2.45) is 5.92 Å². The molecule has 2 N–H and O–H groups in total. The van der Waals surface area contributed by atoms with E-state index < -0.39 is 10.0 Å². The van der Waals surface area contributed by atoms with Crippen LogP contribution in [0.2, 0.25) is 0 Å². The molecule has 0 aliphatic carbocycles. The second-order valence-corrected chi connectivity index (χ2v) is 7.04. The number of ether oxygens (including phenoxy) is 1. The topological polar surface area (TPSA) is 67.4 Å². The zero-order chi connectivity index (χ0) is 15.7. The second kappa shape index (κ2) is 9.02. The van der Waals surface area contributed by atoms with Gasteiger partial charge < -0.3 is 10.1 Å². The molecule has 6 heteroatoms. The lowest BCUT2D eigenvalue weighted by Crippen LogP contribution is -2.23. The van der Waals surface area contributed by atoms with Gasteiger partial charge >= 0.3 is 0 Å². The number of hydrogen-bond acceptors (Lipinski definition) is 4. The molecule has 5 nitrogen and oxygen atoms in total. The van der Waals surface area contributed by atoms with Crippen LogP contribution in [0.25, 0.3) is 0 Å². The fourth-order valence-corrected chi connectivity index (χ4v) is 2.79. The van der Waals surface area contributed by atoms with Crippen LogP contribution < -0.4 is 10.0 Å². The largest absolute Gasteiger partial charge is 0.385 e. The van der Waals surface area contributed by atoms with E-state index in [9.17, 15) is 8.42 Å². The average Bonchev–Trinajstić information content (AvgIpc) is 2.43. The van der Waals surface area contributed by atoms with Crippen LogP contribution in [0.5, 0.6) is 0 Å². The molecule has 0 bridgehead atoms. The molecule has 0 spiro atoms. The normalized spacial score (nSPS) is 11.8. The van der Waals surface area contributed by atoms with E-state index in [4.69, 9.17) is 4.74 Å². The Balaban J connectivity index is 2.35. The maximum Gasteiger partial charge on any atom is 0.240 e. The van der Waals surface area contributed by atoms with E-state index in [1.807, 2.05) is 0 Å². The number of anilines is 1. The maximum atomic E-state index is 11.8. The Kier molecular flexibility index (Phi) is 7.71. The van der Waals surface area contributed by atoms with E-state index in [0.717, 1.165) is 31.9 Å². The van der Waals surface area contributed by atoms with Crippen LogP contribution in [0.3, 0.4) is 0 Å². The molecule has 0 radical (unpaired) electrons. The third kappa shape index (κ3) is 6.93. The molecular weight excluding hydrogens is 288 g/mol. The molecule has 0 aliphatic heterocycles. The first-order chi connectivity index (χ1) is 9.95. The number of hydrogen-bond donors (Lipinski definition) is 2. The summed E-state index contributed by atoms with van der Waals surface area (Å²) >= 11 is 0. The summed E-state index contributed by atoms with van der Waals surface area (Å²) in [5, 5.41) is 3.25. The van der Waals surface area contributed by atoms with Crippen LogP contribution in [0.4, 0.5) is 5.69 Å². The highest BCUT2D eigenvalue weighted by Crippen LogP contribution is 2.13. The summed E-state index contributed by atoms with van der Waals surface area (Å²) in [6, 6.07) is 6.77. The van der Waals surface area contributed by atoms with Crippen molar-refractivity contribution in [1.29, 1.82) is 0 Å². The molecule has 0 saturated heterocycles. The lowest BCUT2D eigenvalue weighted by molar-refractivity contribution is 0.110. The van der Waals surface area contributed by atoms with Crippen LogP contribution in [0, 0.1) is 5.92 Å². The smallest absolute Gasteiger partial charge is 0.240 e. The second-order valence-electron chi connectivity index (χ2n) is 5.27. The van der Waals surface area contributed by atoms with Gasteiger partial charge in [-0.25, -0.2) is 13.1 Å². The van der Waals surface area contributed by atoms with Gasteiger partial charge in [-0.05, 0) is 36.6 Å². The summed E-state index contributed by atoms with van der Waals surface area (Å²) in [6.07, 6.45) is 0.921. The first kappa shape index (κ1) is 17.9. The van der Waals surface area contributed by atoms with Crippen molar-refractivity contribution in [3.8, 4) is 0 Å². The molecule has 0 aromatic heterocycles. The maximum absolute atomic E-state index is 11.8. The van der Waals surface area contributed by atoms with E-state index in [0.29, 0.717) is 12.5 Å². The van der Waals surface area contributed by atoms with Crippen molar-refractivity contribution < 1.29 is 13.2 Å². The van der Waals surface area contributed by atoms with E-state index in [2.05, 4.69) is 23.9 Å².